The molecule has 0 spiro atoms. The second-order valence-electron chi connectivity index (χ2n) is 9.39. The Kier molecular flexibility index (Phi) is 7.72. The molecule has 0 unspecified atom stereocenters. The molecule has 0 radical (unpaired) electrons. The Morgan fingerprint density at radius 3 is 2.00 bits per heavy atom. The van der Waals surface area contributed by atoms with E-state index in [0.29, 0.717) is 37.2 Å². The molecule has 3 rings (SSSR count). The van der Waals surface area contributed by atoms with Crippen molar-refractivity contribution in [3.63, 3.8) is 0 Å². The molecule has 0 aromatic heterocycles. The number of rotatable bonds is 8. The Bertz CT molecular complexity index is 1180. The first kappa shape index (κ1) is 25.0. The monoisotopic (exact) mass is 460 g/mol. The van der Waals surface area contributed by atoms with Gasteiger partial charge in [0.1, 0.15) is 5.60 Å². The second kappa shape index (κ2) is 10.5. The summed E-state index contributed by atoms with van der Waals surface area (Å²) in [6.45, 7) is 11.9. The Hall–Kier alpha value is -3.67. The summed E-state index contributed by atoms with van der Waals surface area (Å²) >= 11 is 0. The Labute approximate surface area is 200 Å². The Morgan fingerprint density at radius 1 is 1.00 bits per heavy atom. The molecule has 0 saturated carbocycles. The summed E-state index contributed by atoms with van der Waals surface area (Å²) in [5.41, 5.74) is 1.39. The molecule has 0 saturated heterocycles. The lowest BCUT2D eigenvalue weighted by Gasteiger charge is -2.28. The lowest BCUT2D eigenvalue weighted by Crippen LogP contribution is -2.38. The minimum Gasteiger partial charge on any atom is -0.444 e. The van der Waals surface area contributed by atoms with Gasteiger partial charge < -0.3 is 15.0 Å². The zero-order chi connectivity index (χ0) is 24.9. The third-order valence-corrected chi connectivity index (χ3v) is 5.48. The van der Waals surface area contributed by atoms with Crippen molar-refractivity contribution in [2.75, 3.05) is 13.1 Å². The van der Waals surface area contributed by atoms with Gasteiger partial charge in [-0.2, -0.15) is 0 Å². The largest absolute Gasteiger partial charge is 0.444 e. The SMILES string of the molecule is C=C(C)C(=O)NCCCN(Cc1c2ccccc2c(C=O)c2ccccc12)C(=O)OC(C)(C)C. The maximum atomic E-state index is 13.1. The zero-order valence-electron chi connectivity index (χ0n) is 20.3. The van der Waals surface area contributed by atoms with E-state index in [1.54, 1.807) is 11.8 Å². The van der Waals surface area contributed by atoms with Gasteiger partial charge in [-0.15, -0.1) is 0 Å². The molecule has 34 heavy (non-hydrogen) atoms. The predicted molar refractivity (Wildman–Crippen MR) is 136 cm³/mol. The molecule has 1 N–H and O–H groups in total. The highest BCUT2D eigenvalue weighted by Gasteiger charge is 2.24. The van der Waals surface area contributed by atoms with Gasteiger partial charge in [0, 0.05) is 24.2 Å². The standard InChI is InChI=1S/C28H32N2O4/c1-19(2)26(32)29-15-10-16-30(27(33)34-28(3,4)5)17-24-20-11-6-8-13-22(20)25(18-31)23-14-9-7-12-21(23)24/h6-9,11-14,18H,1,10,15-17H2,2-5H3,(H,29,32). The van der Waals surface area contributed by atoms with Crippen molar-refractivity contribution < 1.29 is 19.1 Å². The molecule has 6 heteroatoms. The number of carbonyl (C=O) groups excluding carboxylic acids is 3. The molecule has 0 atom stereocenters. The van der Waals surface area contributed by atoms with Crippen molar-refractivity contribution in [2.24, 2.45) is 0 Å². The van der Waals surface area contributed by atoms with Crippen LogP contribution in [0.15, 0.2) is 60.7 Å². The zero-order valence-corrected chi connectivity index (χ0v) is 20.3. The van der Waals surface area contributed by atoms with E-state index >= 15 is 0 Å². The van der Waals surface area contributed by atoms with Crippen molar-refractivity contribution in [2.45, 2.75) is 46.3 Å². The number of hydrogen-bond donors (Lipinski definition) is 1. The van der Waals surface area contributed by atoms with E-state index in [0.717, 1.165) is 33.4 Å². The summed E-state index contributed by atoms with van der Waals surface area (Å²) in [5.74, 6) is -0.203. The average Bonchev–Trinajstić information content (AvgIpc) is 2.79. The fourth-order valence-electron chi connectivity index (χ4n) is 3.92. The Morgan fingerprint density at radius 2 is 1.53 bits per heavy atom. The number of ether oxygens (including phenoxy) is 1. The van der Waals surface area contributed by atoms with E-state index in [-0.39, 0.29) is 5.91 Å². The van der Waals surface area contributed by atoms with Crippen LogP contribution in [0, 0.1) is 0 Å². The molecule has 0 heterocycles. The summed E-state index contributed by atoms with van der Waals surface area (Å²) in [6.07, 6.45) is 1.02. The predicted octanol–water partition coefficient (Wildman–Crippen LogP) is 5.63. The lowest BCUT2D eigenvalue weighted by molar-refractivity contribution is -0.117. The summed E-state index contributed by atoms with van der Waals surface area (Å²) in [5, 5.41) is 6.36. The van der Waals surface area contributed by atoms with Gasteiger partial charge >= 0.3 is 6.09 Å². The molecule has 6 nitrogen and oxygen atoms in total. The average molecular weight is 461 g/mol. The minimum absolute atomic E-state index is 0.203. The van der Waals surface area contributed by atoms with Crippen LogP contribution in [0.3, 0.4) is 0 Å². The van der Waals surface area contributed by atoms with E-state index in [1.165, 1.54) is 0 Å². The van der Waals surface area contributed by atoms with E-state index in [2.05, 4.69) is 11.9 Å². The number of amides is 2. The van der Waals surface area contributed by atoms with Crippen LogP contribution in [0.4, 0.5) is 4.79 Å². The lowest BCUT2D eigenvalue weighted by atomic mass is 9.92. The smallest absolute Gasteiger partial charge is 0.410 e. The molecule has 2 amide bonds. The maximum Gasteiger partial charge on any atom is 0.410 e. The van der Waals surface area contributed by atoms with E-state index in [9.17, 15) is 14.4 Å². The molecule has 0 aliphatic heterocycles. The first-order valence-corrected chi connectivity index (χ1v) is 11.4. The van der Waals surface area contributed by atoms with Gasteiger partial charge in [-0.3, -0.25) is 9.59 Å². The molecule has 0 aliphatic carbocycles. The normalized spacial score (nSPS) is 11.3. The molecule has 3 aromatic rings. The van der Waals surface area contributed by atoms with Crippen LogP contribution in [0.5, 0.6) is 0 Å². The molecule has 0 fully saturated rings. The summed E-state index contributed by atoms with van der Waals surface area (Å²) < 4.78 is 5.69. The van der Waals surface area contributed by atoms with Crippen LogP contribution in [-0.2, 0) is 16.1 Å². The molecule has 178 valence electrons. The first-order valence-electron chi connectivity index (χ1n) is 11.4. The first-order chi connectivity index (χ1) is 16.1. The van der Waals surface area contributed by atoms with E-state index < -0.39 is 11.7 Å². The Balaban J connectivity index is 1.99. The second-order valence-corrected chi connectivity index (χ2v) is 9.39. The quantitative estimate of drug-likeness (QED) is 0.205. The highest BCUT2D eigenvalue weighted by molar-refractivity contribution is 6.14. The van der Waals surface area contributed by atoms with Crippen molar-refractivity contribution in [3.05, 3.63) is 71.8 Å². The number of aldehydes is 1. The van der Waals surface area contributed by atoms with Crippen molar-refractivity contribution in [1.29, 1.82) is 0 Å². The number of benzene rings is 3. The molecular formula is C28H32N2O4. The minimum atomic E-state index is -0.644. The molecule has 0 aliphatic rings. The fraction of sp³-hybridized carbons (Fsp3) is 0.321. The van der Waals surface area contributed by atoms with Gasteiger partial charge in [0.25, 0.3) is 0 Å². The van der Waals surface area contributed by atoms with Gasteiger partial charge in [-0.1, -0.05) is 55.1 Å². The van der Waals surface area contributed by atoms with Gasteiger partial charge in [-0.05, 0) is 61.2 Å². The van der Waals surface area contributed by atoms with E-state index in [1.807, 2.05) is 69.3 Å². The highest BCUT2D eigenvalue weighted by Crippen LogP contribution is 2.33. The number of hydrogen-bond acceptors (Lipinski definition) is 4. The summed E-state index contributed by atoms with van der Waals surface area (Å²) in [4.78, 5) is 38.6. The molecule has 3 aromatic carbocycles. The van der Waals surface area contributed by atoms with Gasteiger partial charge in [0.2, 0.25) is 5.91 Å². The summed E-state index contributed by atoms with van der Waals surface area (Å²) in [7, 11) is 0. The van der Waals surface area contributed by atoms with E-state index in [4.69, 9.17) is 4.74 Å². The number of carbonyl (C=O) groups is 3. The maximum absolute atomic E-state index is 13.1. The van der Waals surface area contributed by atoms with Crippen molar-refractivity contribution in [3.8, 4) is 0 Å². The molecule has 0 bridgehead atoms. The number of nitrogens with zero attached hydrogens (tertiary/aromatic N) is 1. The van der Waals surface area contributed by atoms with Gasteiger partial charge in [0.05, 0.1) is 6.54 Å². The summed E-state index contributed by atoms with van der Waals surface area (Å²) in [6, 6.07) is 15.5. The van der Waals surface area contributed by atoms with Crippen molar-refractivity contribution in [1.82, 2.24) is 10.2 Å². The van der Waals surface area contributed by atoms with Crippen molar-refractivity contribution >= 4 is 39.8 Å². The topological polar surface area (TPSA) is 75.7 Å². The third kappa shape index (κ3) is 5.81. The highest BCUT2D eigenvalue weighted by atomic mass is 16.6. The van der Waals surface area contributed by atoms with Crippen LogP contribution in [-0.4, -0.2) is 41.9 Å². The van der Waals surface area contributed by atoms with Crippen LogP contribution < -0.4 is 5.32 Å². The van der Waals surface area contributed by atoms with Crippen LogP contribution >= 0.6 is 0 Å². The van der Waals surface area contributed by atoms with Gasteiger partial charge in [-0.25, -0.2) is 4.79 Å². The number of fused-ring (bicyclic) bond motifs is 2. The van der Waals surface area contributed by atoms with Crippen LogP contribution in [0.1, 0.15) is 50.0 Å². The molecular weight excluding hydrogens is 428 g/mol. The van der Waals surface area contributed by atoms with Crippen LogP contribution in [0.2, 0.25) is 0 Å². The third-order valence-electron chi connectivity index (χ3n) is 5.48. The number of nitrogens with one attached hydrogen (secondary N) is 1. The fourth-order valence-corrected chi connectivity index (χ4v) is 3.92. The van der Waals surface area contributed by atoms with Gasteiger partial charge in [0.15, 0.2) is 6.29 Å². The van der Waals surface area contributed by atoms with Crippen LogP contribution in [0.25, 0.3) is 21.5 Å².